The highest BCUT2D eigenvalue weighted by molar-refractivity contribution is 7.13. The van der Waals surface area contributed by atoms with Crippen molar-refractivity contribution in [3.63, 3.8) is 0 Å². The maximum atomic E-state index is 4.10. The van der Waals surface area contributed by atoms with Gasteiger partial charge in [-0.25, -0.2) is 0 Å². The van der Waals surface area contributed by atoms with Crippen molar-refractivity contribution in [2.24, 2.45) is 0 Å². The molecule has 1 aliphatic rings. The van der Waals surface area contributed by atoms with E-state index in [2.05, 4.69) is 35.3 Å². The van der Waals surface area contributed by atoms with E-state index in [4.69, 9.17) is 0 Å². The van der Waals surface area contributed by atoms with Gasteiger partial charge in [0, 0.05) is 6.20 Å². The van der Waals surface area contributed by atoms with E-state index in [0.717, 1.165) is 0 Å². The van der Waals surface area contributed by atoms with Gasteiger partial charge in [-0.3, -0.25) is 4.98 Å². The molecule has 2 heteroatoms. The molecule has 1 aliphatic carbocycles. The number of hydrogen-bond acceptors (Lipinski definition) is 2. The van der Waals surface area contributed by atoms with Crippen LogP contribution in [0.15, 0.2) is 41.5 Å². The number of rotatable bonds is 2. The van der Waals surface area contributed by atoms with Crippen molar-refractivity contribution >= 4 is 17.4 Å². The lowest BCUT2D eigenvalue weighted by molar-refractivity contribution is 0.670. The molecule has 0 amide bonds. The second kappa shape index (κ2) is 4.22. The van der Waals surface area contributed by atoms with Crippen LogP contribution in [0.5, 0.6) is 0 Å². The Balaban J connectivity index is 1.85. The number of aromatic nitrogens is 1. The first-order chi connectivity index (χ1) is 7.92. The minimum atomic E-state index is 1.24. The minimum Gasteiger partial charge on any atom is -0.252 e. The zero-order chi connectivity index (χ0) is 10.8. The van der Waals surface area contributed by atoms with Crippen molar-refractivity contribution in [2.75, 3.05) is 0 Å². The summed E-state index contributed by atoms with van der Waals surface area (Å²) in [5.41, 5.74) is 6.05. The van der Waals surface area contributed by atoms with Crippen molar-refractivity contribution in [1.82, 2.24) is 4.98 Å². The lowest BCUT2D eigenvalue weighted by Crippen LogP contribution is -1.95. The van der Waals surface area contributed by atoms with Crippen LogP contribution in [-0.2, 0) is 0 Å². The van der Waals surface area contributed by atoms with Gasteiger partial charge >= 0.3 is 0 Å². The van der Waals surface area contributed by atoms with E-state index in [9.17, 15) is 0 Å². The Hall–Kier alpha value is -1.41. The van der Waals surface area contributed by atoms with E-state index in [1.165, 1.54) is 35.3 Å². The number of thiazole rings is 1. The second-order valence-electron chi connectivity index (χ2n) is 4.14. The summed E-state index contributed by atoms with van der Waals surface area (Å²) in [7, 11) is 0. The molecule has 80 valence electrons. The molecule has 3 rings (SSSR count). The molecule has 0 bridgehead atoms. The van der Waals surface area contributed by atoms with Crippen LogP contribution in [0.4, 0.5) is 0 Å². The highest BCUT2D eigenvalue weighted by Crippen LogP contribution is 2.28. The average Bonchev–Trinajstić information content (AvgIpc) is 2.78. The molecule has 0 N–H and O–H groups in total. The summed E-state index contributed by atoms with van der Waals surface area (Å²) in [5, 5.41) is 0. The fourth-order valence-corrected chi connectivity index (χ4v) is 2.49. The van der Waals surface area contributed by atoms with Gasteiger partial charge in [-0.2, -0.15) is 0 Å². The number of nitrogens with zero attached hydrogens (tertiary/aromatic N) is 1. The largest absolute Gasteiger partial charge is 0.252 e. The van der Waals surface area contributed by atoms with Gasteiger partial charge in [0.25, 0.3) is 0 Å². The Morgan fingerprint density at radius 3 is 2.50 bits per heavy atom. The Labute approximate surface area is 99.5 Å². The summed E-state index contributed by atoms with van der Waals surface area (Å²) < 4.78 is 0. The normalized spacial score (nSPS) is 14.6. The average molecular weight is 227 g/mol. The first-order valence-electron chi connectivity index (χ1n) is 5.60. The van der Waals surface area contributed by atoms with E-state index < -0.39 is 0 Å². The first kappa shape index (κ1) is 9.79. The van der Waals surface area contributed by atoms with Gasteiger partial charge in [0.1, 0.15) is 0 Å². The summed E-state index contributed by atoms with van der Waals surface area (Å²) in [6.45, 7) is 0. The molecule has 1 heterocycles. The lowest BCUT2D eigenvalue weighted by Gasteiger charge is -2.15. The molecule has 2 aromatic rings. The van der Waals surface area contributed by atoms with E-state index in [0.29, 0.717) is 0 Å². The predicted octanol–water partition coefficient (Wildman–Crippen LogP) is 4.38. The molecule has 0 spiro atoms. The molecule has 1 saturated carbocycles. The molecule has 0 unspecified atom stereocenters. The zero-order valence-electron chi connectivity index (χ0n) is 9.02. The molecular formula is C14H13NS. The number of benzene rings is 1. The monoisotopic (exact) mass is 227 g/mol. The van der Waals surface area contributed by atoms with Crippen LogP contribution in [0.1, 0.15) is 24.8 Å². The topological polar surface area (TPSA) is 12.9 Å². The van der Waals surface area contributed by atoms with E-state index in [-0.39, 0.29) is 0 Å². The van der Waals surface area contributed by atoms with E-state index in [1.54, 1.807) is 16.9 Å². The first-order valence-corrected chi connectivity index (χ1v) is 6.48. The Morgan fingerprint density at radius 1 is 1.12 bits per heavy atom. The van der Waals surface area contributed by atoms with Crippen molar-refractivity contribution < 1.29 is 0 Å². The van der Waals surface area contributed by atoms with Gasteiger partial charge in [-0.05, 0) is 30.4 Å². The predicted molar refractivity (Wildman–Crippen MR) is 69.4 cm³/mol. The fourth-order valence-electron chi connectivity index (χ4n) is 1.86. The minimum absolute atomic E-state index is 1.24. The third-order valence-corrected chi connectivity index (χ3v) is 3.82. The molecule has 0 atom stereocenters. The quantitative estimate of drug-likeness (QED) is 0.742. The molecule has 0 aliphatic heterocycles. The van der Waals surface area contributed by atoms with Crippen molar-refractivity contribution in [2.45, 2.75) is 19.3 Å². The summed E-state index contributed by atoms with van der Waals surface area (Å²) in [5.74, 6) is 0. The summed E-state index contributed by atoms with van der Waals surface area (Å²) in [6.07, 6.45) is 8.18. The van der Waals surface area contributed by atoms with Crippen LogP contribution in [0.2, 0.25) is 0 Å². The van der Waals surface area contributed by atoms with Crippen LogP contribution in [0.3, 0.4) is 0 Å². The van der Waals surface area contributed by atoms with Gasteiger partial charge < -0.3 is 0 Å². The van der Waals surface area contributed by atoms with Gasteiger partial charge in [-0.1, -0.05) is 35.9 Å². The third kappa shape index (κ3) is 1.93. The highest BCUT2D eigenvalue weighted by Gasteiger charge is 2.07. The number of hydrogen-bond donors (Lipinski definition) is 0. The van der Waals surface area contributed by atoms with Gasteiger partial charge in [0.2, 0.25) is 0 Å². The van der Waals surface area contributed by atoms with Gasteiger partial charge in [0.15, 0.2) is 0 Å². The SMILES string of the molecule is C(=C1CCC1)c1ccc(-c2cncs2)cc1. The summed E-state index contributed by atoms with van der Waals surface area (Å²) in [6, 6.07) is 8.75. The Morgan fingerprint density at radius 2 is 1.94 bits per heavy atom. The maximum absolute atomic E-state index is 4.10. The zero-order valence-corrected chi connectivity index (χ0v) is 9.83. The van der Waals surface area contributed by atoms with Crippen molar-refractivity contribution in [3.8, 4) is 10.4 Å². The second-order valence-corrected chi connectivity index (χ2v) is 5.03. The molecule has 1 nitrogen and oxygen atoms in total. The molecule has 16 heavy (non-hydrogen) atoms. The Kier molecular flexibility index (Phi) is 2.58. The third-order valence-electron chi connectivity index (χ3n) is 2.99. The summed E-state index contributed by atoms with van der Waals surface area (Å²) in [4.78, 5) is 5.34. The van der Waals surface area contributed by atoms with Crippen LogP contribution < -0.4 is 0 Å². The standard InChI is InChI=1S/C14H13NS/c1-2-11(3-1)8-12-4-6-13(7-5-12)14-9-15-10-16-14/h4-10H,1-3H2. The van der Waals surface area contributed by atoms with E-state index in [1.807, 2.05) is 11.7 Å². The van der Waals surface area contributed by atoms with Gasteiger partial charge in [-0.15, -0.1) is 11.3 Å². The summed E-state index contributed by atoms with van der Waals surface area (Å²) >= 11 is 1.68. The number of allylic oxidation sites excluding steroid dienone is 1. The Bertz CT molecular complexity index is 488. The van der Waals surface area contributed by atoms with Crippen LogP contribution in [-0.4, -0.2) is 4.98 Å². The maximum Gasteiger partial charge on any atom is 0.0797 e. The van der Waals surface area contributed by atoms with Crippen LogP contribution in [0, 0.1) is 0 Å². The van der Waals surface area contributed by atoms with Crippen molar-refractivity contribution in [1.29, 1.82) is 0 Å². The molecular weight excluding hydrogens is 214 g/mol. The smallest absolute Gasteiger partial charge is 0.0797 e. The van der Waals surface area contributed by atoms with Crippen LogP contribution >= 0.6 is 11.3 Å². The van der Waals surface area contributed by atoms with Gasteiger partial charge in [0.05, 0.1) is 10.4 Å². The highest BCUT2D eigenvalue weighted by atomic mass is 32.1. The van der Waals surface area contributed by atoms with Crippen molar-refractivity contribution in [3.05, 3.63) is 47.1 Å². The van der Waals surface area contributed by atoms with E-state index >= 15 is 0 Å². The fraction of sp³-hybridized carbons (Fsp3) is 0.214. The molecule has 1 fully saturated rings. The molecule has 1 aromatic carbocycles. The molecule has 1 aromatic heterocycles. The molecule has 0 radical (unpaired) electrons. The lowest BCUT2D eigenvalue weighted by atomic mass is 9.90. The van der Waals surface area contributed by atoms with Crippen LogP contribution in [0.25, 0.3) is 16.5 Å². The molecule has 0 saturated heterocycles.